The van der Waals surface area contributed by atoms with Crippen LogP contribution in [0, 0.1) is 0 Å². The average molecular weight is 294 g/mol. The molecule has 0 aromatic heterocycles. The van der Waals surface area contributed by atoms with E-state index in [1.807, 2.05) is 30.3 Å². The normalized spacial score (nSPS) is 10.4. The second-order valence-electron chi connectivity index (χ2n) is 2.75. The van der Waals surface area contributed by atoms with Gasteiger partial charge in [0.05, 0.1) is 0 Å². The number of aliphatic imine (C=N–C) groups is 1. The summed E-state index contributed by atoms with van der Waals surface area (Å²) in [5, 5.41) is 11.0. The molecule has 0 amide bonds. The smallest absolute Gasteiger partial charge is 1.00 e. The van der Waals surface area contributed by atoms with Crippen LogP contribution in [0.25, 0.3) is 0 Å². The molecule has 0 unspecified atom stereocenters. The molecular weight excluding hydrogens is 284 g/mol. The molecule has 0 saturated carbocycles. The van der Waals surface area contributed by atoms with Gasteiger partial charge in [-0.15, -0.1) is 0 Å². The Morgan fingerprint density at radius 1 is 1.38 bits per heavy atom. The fraction of sp³-hybridized carbons (Fsp3) is 0.200. The summed E-state index contributed by atoms with van der Waals surface area (Å²) in [6.07, 6.45) is -0.710. The summed E-state index contributed by atoms with van der Waals surface area (Å²) in [7, 11) is 0. The fourth-order valence-corrected chi connectivity index (χ4v) is 1.05. The second-order valence-corrected chi connectivity index (χ2v) is 3.80. The Morgan fingerprint density at radius 3 is 2.56 bits per heavy atom. The Labute approximate surface area is 124 Å². The number of nitrogens with zero attached hydrogens (tertiary/aromatic N) is 1. The molecule has 0 aliphatic carbocycles. The van der Waals surface area contributed by atoms with Gasteiger partial charge in [-0.3, -0.25) is 0 Å². The molecule has 0 spiro atoms. The van der Waals surface area contributed by atoms with Crippen LogP contribution in [0.3, 0.4) is 0 Å². The summed E-state index contributed by atoms with van der Waals surface area (Å²) in [6, 6.07) is 9.27. The molecule has 0 radical (unpaired) electrons. The standard InChI is InChI=1S/C10H11NO3Se.Na/c12-9(15)6-11-10(13)14-7-8-4-2-1-3-5-8;/h1-5H,6-7H2,(H,11,13)(H,12,15);/q;+1/p-1. The first-order valence-corrected chi connectivity index (χ1v) is 5.22. The Kier molecular flexibility index (Phi) is 8.61. The minimum Gasteiger partial charge on any atom is 1.00 e. The zero-order chi connectivity index (χ0) is 11.1. The SMILES string of the molecule is O=C([SeH])CN=C([O-])OCc1ccccc1.[Na+]. The number of benzene rings is 1. The van der Waals surface area contributed by atoms with Crippen LogP contribution in [0.1, 0.15) is 5.56 Å². The Morgan fingerprint density at radius 2 is 2.00 bits per heavy atom. The third-order valence-corrected chi connectivity index (χ3v) is 1.85. The summed E-state index contributed by atoms with van der Waals surface area (Å²) in [5.74, 6) is 0. The number of ether oxygens (including phenoxy) is 1. The van der Waals surface area contributed by atoms with Crippen LogP contribution in [0.5, 0.6) is 0 Å². The van der Waals surface area contributed by atoms with Crippen molar-refractivity contribution in [3.63, 3.8) is 0 Å². The van der Waals surface area contributed by atoms with E-state index < -0.39 is 6.08 Å². The first kappa shape index (κ1) is 15.7. The predicted molar refractivity (Wildman–Crippen MR) is 55.7 cm³/mol. The summed E-state index contributed by atoms with van der Waals surface area (Å²) >= 11 is 1.80. The van der Waals surface area contributed by atoms with E-state index in [1.165, 1.54) is 0 Å². The van der Waals surface area contributed by atoms with E-state index in [1.54, 1.807) is 16.0 Å². The van der Waals surface area contributed by atoms with Crippen LogP contribution in [-0.2, 0) is 16.1 Å². The maximum atomic E-state index is 11.0. The van der Waals surface area contributed by atoms with Gasteiger partial charge in [0, 0.05) is 0 Å². The van der Waals surface area contributed by atoms with Gasteiger partial charge in [-0.1, -0.05) is 0 Å². The minimum absolute atomic E-state index is 0. The van der Waals surface area contributed by atoms with Gasteiger partial charge in [0.25, 0.3) is 0 Å². The first-order chi connectivity index (χ1) is 7.18. The molecule has 1 rings (SSSR count). The van der Waals surface area contributed by atoms with Crippen molar-refractivity contribution in [2.45, 2.75) is 6.61 Å². The third-order valence-electron chi connectivity index (χ3n) is 1.55. The van der Waals surface area contributed by atoms with E-state index in [2.05, 4.69) is 4.99 Å². The van der Waals surface area contributed by atoms with Gasteiger partial charge in [-0.2, -0.15) is 0 Å². The molecule has 0 aliphatic rings. The summed E-state index contributed by atoms with van der Waals surface area (Å²) in [4.78, 5) is 13.9. The Balaban J connectivity index is 0.00000225. The van der Waals surface area contributed by atoms with Gasteiger partial charge >= 0.3 is 125 Å². The van der Waals surface area contributed by atoms with Crippen LogP contribution < -0.4 is 34.7 Å². The first-order valence-electron chi connectivity index (χ1n) is 4.28. The van der Waals surface area contributed by atoms with Gasteiger partial charge in [0.2, 0.25) is 0 Å². The van der Waals surface area contributed by atoms with Crippen molar-refractivity contribution in [1.29, 1.82) is 0 Å². The second kappa shape index (κ2) is 8.79. The maximum Gasteiger partial charge on any atom is 1.00 e. The van der Waals surface area contributed by atoms with Gasteiger partial charge in [-0.05, 0) is 0 Å². The molecule has 0 atom stereocenters. The summed E-state index contributed by atoms with van der Waals surface area (Å²) < 4.78 is 4.59. The largest absolute Gasteiger partial charge is 1.00 e. The van der Waals surface area contributed by atoms with Crippen molar-refractivity contribution in [3.8, 4) is 0 Å². The molecule has 1 aromatic rings. The molecule has 80 valence electrons. The number of hydrogen-bond acceptors (Lipinski definition) is 4. The number of carbonyl (C=O) groups is 1. The zero-order valence-electron chi connectivity index (χ0n) is 8.92. The summed E-state index contributed by atoms with van der Waals surface area (Å²) in [5.41, 5.74) is 0.889. The minimum atomic E-state index is -0.710. The molecule has 6 heteroatoms. The molecule has 0 aliphatic heterocycles. The van der Waals surface area contributed by atoms with Crippen LogP contribution in [0.15, 0.2) is 35.3 Å². The topological polar surface area (TPSA) is 61.7 Å². The molecule has 0 N–H and O–H groups in total. The predicted octanol–water partition coefficient (Wildman–Crippen LogP) is -3.65. The van der Waals surface area contributed by atoms with Gasteiger partial charge in [0.1, 0.15) is 0 Å². The van der Waals surface area contributed by atoms with Crippen molar-refractivity contribution in [2.75, 3.05) is 6.54 Å². The number of hydrogen-bond donors (Lipinski definition) is 0. The van der Waals surface area contributed by atoms with E-state index in [9.17, 15) is 9.90 Å². The van der Waals surface area contributed by atoms with Gasteiger partial charge in [0.15, 0.2) is 0 Å². The third kappa shape index (κ3) is 7.04. The van der Waals surface area contributed by atoms with Gasteiger partial charge in [-0.25, -0.2) is 0 Å². The zero-order valence-corrected chi connectivity index (χ0v) is 12.8. The number of rotatable bonds is 4. The maximum absolute atomic E-state index is 11.0. The quantitative estimate of drug-likeness (QED) is 0.327. The van der Waals surface area contributed by atoms with Gasteiger partial charge < -0.3 is 0 Å². The van der Waals surface area contributed by atoms with E-state index in [0.717, 1.165) is 5.56 Å². The number of carbonyl (C=O) groups excluding carboxylic acids is 1. The Hall–Kier alpha value is -0.321. The van der Waals surface area contributed by atoms with Crippen LogP contribution in [0.4, 0.5) is 0 Å². The van der Waals surface area contributed by atoms with Crippen molar-refractivity contribution in [2.24, 2.45) is 4.99 Å². The van der Waals surface area contributed by atoms with Crippen LogP contribution >= 0.6 is 0 Å². The molecular formula is C10H10NNaO3Se. The molecule has 1 aromatic carbocycles. The van der Waals surface area contributed by atoms with E-state index >= 15 is 0 Å². The molecule has 0 bridgehead atoms. The molecule has 0 fully saturated rings. The monoisotopic (exact) mass is 295 g/mol. The average Bonchev–Trinajstić information content (AvgIpc) is 2.25. The van der Waals surface area contributed by atoms with Crippen LogP contribution in [0.2, 0.25) is 0 Å². The van der Waals surface area contributed by atoms with E-state index in [4.69, 9.17) is 4.74 Å². The Bertz CT molecular complexity index is 356. The van der Waals surface area contributed by atoms with Crippen LogP contribution in [-0.4, -0.2) is 33.3 Å². The van der Waals surface area contributed by atoms with Crippen molar-refractivity contribution >= 4 is 26.8 Å². The molecule has 16 heavy (non-hydrogen) atoms. The fourth-order valence-electron chi connectivity index (χ4n) is 0.897. The van der Waals surface area contributed by atoms with E-state index in [-0.39, 0.29) is 47.4 Å². The molecule has 0 heterocycles. The van der Waals surface area contributed by atoms with Crippen molar-refractivity contribution in [3.05, 3.63) is 35.9 Å². The van der Waals surface area contributed by atoms with Crippen molar-refractivity contribution < 1.29 is 44.2 Å². The molecule has 0 saturated heterocycles. The molecule has 4 nitrogen and oxygen atoms in total. The summed E-state index contributed by atoms with van der Waals surface area (Å²) in [6.45, 7) is 0.0313. The van der Waals surface area contributed by atoms with Crippen molar-refractivity contribution in [1.82, 2.24) is 0 Å². The van der Waals surface area contributed by atoms with E-state index in [0.29, 0.717) is 0 Å².